The maximum Gasteiger partial charge on any atom is 0.0272 e. The second-order valence-corrected chi connectivity index (χ2v) is 5.30. The molecule has 0 spiro atoms. The summed E-state index contributed by atoms with van der Waals surface area (Å²) in [6, 6.07) is 19.7. The van der Waals surface area contributed by atoms with Crippen molar-refractivity contribution in [2.75, 3.05) is 0 Å². The lowest BCUT2D eigenvalue weighted by Gasteiger charge is -2.15. The van der Waals surface area contributed by atoms with Crippen molar-refractivity contribution in [2.45, 2.75) is 13.0 Å². The van der Waals surface area contributed by atoms with Gasteiger partial charge >= 0.3 is 0 Å². The van der Waals surface area contributed by atoms with Crippen LogP contribution in [-0.2, 0) is 0 Å². The van der Waals surface area contributed by atoms with E-state index < -0.39 is 0 Å². The molecule has 1 atom stereocenters. The van der Waals surface area contributed by atoms with E-state index in [-0.39, 0.29) is 6.04 Å². The van der Waals surface area contributed by atoms with E-state index in [0.717, 1.165) is 0 Å². The molecule has 0 aliphatic carbocycles. The summed E-state index contributed by atoms with van der Waals surface area (Å²) in [5, 5.41) is 7.90. The van der Waals surface area contributed by atoms with E-state index in [1.165, 1.54) is 37.9 Å². The first-order valence-electron chi connectivity index (χ1n) is 6.68. The number of rotatable bonds is 1. The van der Waals surface area contributed by atoms with E-state index in [9.17, 15) is 0 Å². The summed E-state index contributed by atoms with van der Waals surface area (Å²) in [6.07, 6.45) is 0. The van der Waals surface area contributed by atoms with Gasteiger partial charge in [0.1, 0.15) is 0 Å². The molecule has 0 saturated heterocycles. The Morgan fingerprint density at radius 3 is 2.00 bits per heavy atom. The first-order chi connectivity index (χ1) is 9.25. The zero-order valence-electron chi connectivity index (χ0n) is 10.9. The summed E-state index contributed by atoms with van der Waals surface area (Å²) in [5.41, 5.74) is 7.34. The summed E-state index contributed by atoms with van der Waals surface area (Å²) in [5.74, 6) is 0. The molecule has 1 nitrogen and oxygen atoms in total. The fraction of sp³-hybridized carbons (Fsp3) is 0.111. The van der Waals surface area contributed by atoms with Gasteiger partial charge in [0, 0.05) is 6.04 Å². The van der Waals surface area contributed by atoms with Crippen molar-refractivity contribution in [3.8, 4) is 0 Å². The lowest BCUT2D eigenvalue weighted by atomic mass is 9.90. The summed E-state index contributed by atoms with van der Waals surface area (Å²) < 4.78 is 0. The fourth-order valence-corrected chi connectivity index (χ4v) is 3.15. The second kappa shape index (κ2) is 3.69. The standard InChI is InChI=1S/C18H15N/c1-11(19)15-9-7-14-6-5-12-3-2-4-13-8-10-16(15)18(14)17(12)13/h2-11H,19H2,1H3. The molecular weight excluding hydrogens is 230 g/mol. The highest BCUT2D eigenvalue weighted by Gasteiger charge is 2.11. The molecule has 0 aromatic heterocycles. The zero-order valence-corrected chi connectivity index (χ0v) is 10.9. The van der Waals surface area contributed by atoms with Gasteiger partial charge in [0.15, 0.2) is 0 Å². The van der Waals surface area contributed by atoms with Gasteiger partial charge < -0.3 is 5.73 Å². The molecule has 0 heterocycles. The van der Waals surface area contributed by atoms with Crippen LogP contribution in [0.4, 0.5) is 0 Å². The Kier molecular flexibility index (Phi) is 2.09. The smallest absolute Gasteiger partial charge is 0.0272 e. The van der Waals surface area contributed by atoms with Gasteiger partial charge in [0.25, 0.3) is 0 Å². The molecule has 0 radical (unpaired) electrons. The van der Waals surface area contributed by atoms with E-state index in [0.29, 0.717) is 0 Å². The van der Waals surface area contributed by atoms with Crippen molar-refractivity contribution in [3.63, 3.8) is 0 Å². The quantitative estimate of drug-likeness (QED) is 0.487. The minimum Gasteiger partial charge on any atom is -0.324 e. The second-order valence-electron chi connectivity index (χ2n) is 5.30. The Hall–Kier alpha value is -2.12. The summed E-state index contributed by atoms with van der Waals surface area (Å²) in [6.45, 7) is 2.05. The van der Waals surface area contributed by atoms with Crippen LogP contribution in [0.1, 0.15) is 18.5 Å². The molecule has 92 valence electrons. The SMILES string of the molecule is CC(N)c1ccc2ccc3cccc4ccc1c2c34. The summed E-state index contributed by atoms with van der Waals surface area (Å²) in [4.78, 5) is 0. The first kappa shape index (κ1) is 10.8. The molecule has 1 unspecified atom stereocenters. The van der Waals surface area contributed by atoms with E-state index in [1.54, 1.807) is 0 Å². The van der Waals surface area contributed by atoms with Gasteiger partial charge in [0.2, 0.25) is 0 Å². The van der Waals surface area contributed by atoms with Crippen LogP contribution in [0, 0.1) is 0 Å². The lowest BCUT2D eigenvalue weighted by Crippen LogP contribution is -2.05. The van der Waals surface area contributed by atoms with Crippen molar-refractivity contribution >= 4 is 32.3 Å². The third-order valence-electron chi connectivity index (χ3n) is 4.05. The van der Waals surface area contributed by atoms with Gasteiger partial charge in [-0.25, -0.2) is 0 Å². The third kappa shape index (κ3) is 1.39. The highest BCUT2D eigenvalue weighted by atomic mass is 14.6. The van der Waals surface area contributed by atoms with Gasteiger partial charge in [-0.1, -0.05) is 54.6 Å². The number of hydrogen-bond donors (Lipinski definition) is 1. The van der Waals surface area contributed by atoms with Crippen molar-refractivity contribution in [2.24, 2.45) is 5.73 Å². The minimum atomic E-state index is 0.0598. The molecule has 4 rings (SSSR count). The Morgan fingerprint density at radius 1 is 0.737 bits per heavy atom. The maximum atomic E-state index is 6.11. The number of benzene rings is 4. The molecule has 1 heteroatoms. The van der Waals surface area contributed by atoms with Gasteiger partial charge in [-0.3, -0.25) is 0 Å². The molecular formula is C18H15N. The van der Waals surface area contributed by atoms with Crippen molar-refractivity contribution in [3.05, 3.63) is 60.2 Å². The molecule has 0 fully saturated rings. The number of hydrogen-bond acceptors (Lipinski definition) is 1. The van der Waals surface area contributed by atoms with Crippen LogP contribution in [0.2, 0.25) is 0 Å². The Labute approximate surface area is 112 Å². The van der Waals surface area contributed by atoms with E-state index in [2.05, 4.69) is 54.6 Å². The molecule has 0 saturated carbocycles. The van der Waals surface area contributed by atoms with E-state index in [1.807, 2.05) is 6.92 Å². The first-order valence-corrected chi connectivity index (χ1v) is 6.68. The Morgan fingerprint density at radius 2 is 1.32 bits per heavy atom. The molecule has 0 amide bonds. The van der Waals surface area contributed by atoms with Crippen LogP contribution in [0.15, 0.2) is 54.6 Å². The van der Waals surface area contributed by atoms with Crippen LogP contribution in [0.3, 0.4) is 0 Å². The van der Waals surface area contributed by atoms with Crippen molar-refractivity contribution in [1.29, 1.82) is 0 Å². The molecule has 19 heavy (non-hydrogen) atoms. The monoisotopic (exact) mass is 245 g/mol. The average Bonchev–Trinajstić information content (AvgIpc) is 2.44. The summed E-state index contributed by atoms with van der Waals surface area (Å²) in [7, 11) is 0. The van der Waals surface area contributed by atoms with Crippen LogP contribution in [-0.4, -0.2) is 0 Å². The Bertz CT molecular complexity index is 874. The molecule has 4 aromatic carbocycles. The van der Waals surface area contributed by atoms with Gasteiger partial charge in [-0.15, -0.1) is 0 Å². The maximum absolute atomic E-state index is 6.11. The topological polar surface area (TPSA) is 26.0 Å². The molecule has 0 aliphatic rings. The molecule has 0 bridgehead atoms. The van der Waals surface area contributed by atoms with Crippen LogP contribution in [0.25, 0.3) is 32.3 Å². The molecule has 4 aromatic rings. The van der Waals surface area contributed by atoms with Crippen molar-refractivity contribution in [1.82, 2.24) is 0 Å². The van der Waals surface area contributed by atoms with Crippen molar-refractivity contribution < 1.29 is 0 Å². The van der Waals surface area contributed by atoms with E-state index >= 15 is 0 Å². The fourth-order valence-electron chi connectivity index (χ4n) is 3.15. The third-order valence-corrected chi connectivity index (χ3v) is 4.05. The largest absolute Gasteiger partial charge is 0.324 e. The predicted octanol–water partition coefficient (Wildman–Crippen LogP) is 4.60. The minimum absolute atomic E-state index is 0.0598. The summed E-state index contributed by atoms with van der Waals surface area (Å²) >= 11 is 0. The highest BCUT2D eigenvalue weighted by molar-refractivity contribution is 6.23. The van der Waals surface area contributed by atoms with Crippen LogP contribution >= 0.6 is 0 Å². The van der Waals surface area contributed by atoms with Gasteiger partial charge in [0.05, 0.1) is 0 Å². The average molecular weight is 245 g/mol. The Balaban J connectivity index is 2.35. The number of nitrogens with two attached hydrogens (primary N) is 1. The van der Waals surface area contributed by atoms with Gasteiger partial charge in [-0.05, 0) is 44.8 Å². The lowest BCUT2D eigenvalue weighted by molar-refractivity contribution is 0.827. The van der Waals surface area contributed by atoms with E-state index in [4.69, 9.17) is 5.73 Å². The van der Waals surface area contributed by atoms with Crippen LogP contribution in [0.5, 0.6) is 0 Å². The molecule has 0 aliphatic heterocycles. The normalized spacial score (nSPS) is 13.6. The predicted molar refractivity (Wildman–Crippen MR) is 82.7 cm³/mol. The molecule has 2 N–H and O–H groups in total. The highest BCUT2D eigenvalue weighted by Crippen LogP contribution is 2.36. The zero-order chi connectivity index (χ0) is 13.0. The van der Waals surface area contributed by atoms with Crippen LogP contribution < -0.4 is 5.73 Å². The van der Waals surface area contributed by atoms with Gasteiger partial charge in [-0.2, -0.15) is 0 Å².